The van der Waals surface area contributed by atoms with Crippen LogP contribution in [0.5, 0.6) is 0 Å². The van der Waals surface area contributed by atoms with Crippen molar-refractivity contribution in [3.63, 3.8) is 0 Å². The van der Waals surface area contributed by atoms with Crippen LogP contribution >= 0.6 is 11.8 Å². The zero-order valence-corrected chi connectivity index (χ0v) is 28.7. The van der Waals surface area contributed by atoms with E-state index in [1.165, 1.54) is 53.9 Å². The second kappa shape index (κ2) is 11.5. The smallest absolute Gasteiger partial charge is 0.160 e. The fourth-order valence-electron chi connectivity index (χ4n) is 7.82. The Bertz CT molecular complexity index is 3050. The highest BCUT2D eigenvalue weighted by Gasteiger charge is 2.23. The number of benzene rings is 8. The zero-order valence-electron chi connectivity index (χ0n) is 27.9. The molecule has 3 nitrogen and oxygen atoms in total. The summed E-state index contributed by atoms with van der Waals surface area (Å²) in [6, 6.07) is 60.2. The summed E-state index contributed by atoms with van der Waals surface area (Å²) in [6.07, 6.45) is 0. The molecular formula is C48H28N2OS. The summed E-state index contributed by atoms with van der Waals surface area (Å²) in [5.41, 5.74) is 13.0. The van der Waals surface area contributed by atoms with Crippen molar-refractivity contribution in [2.75, 3.05) is 0 Å². The number of fused-ring (bicyclic) bond motifs is 6. The molecule has 0 radical (unpaired) electrons. The normalized spacial score (nSPS) is 12.2. The van der Waals surface area contributed by atoms with Gasteiger partial charge in [-0.3, -0.25) is 0 Å². The molecule has 0 aliphatic carbocycles. The van der Waals surface area contributed by atoms with Crippen molar-refractivity contribution >= 4 is 55.4 Å². The first-order valence-corrected chi connectivity index (χ1v) is 18.3. The Kier molecular flexibility index (Phi) is 6.48. The molecule has 0 bridgehead atoms. The van der Waals surface area contributed by atoms with Crippen LogP contribution in [0.15, 0.2) is 184 Å². The van der Waals surface area contributed by atoms with Gasteiger partial charge in [-0.1, -0.05) is 139 Å². The standard InChI is InChI=1S/C48H28N2OS/c1-2-10-29(11-3-1)30-12-8-13-32(26-30)47-39-15-4-6-18-41(39)49-48(50-47)33-20-22-36-38-17-9-16-37-34(23-25-44(46(37)38)52-45(36)28-33)31-21-24-43-40(27-31)35-14-5-7-19-42(35)51-43/h1-28H. The van der Waals surface area contributed by atoms with E-state index in [0.717, 1.165) is 55.5 Å². The van der Waals surface area contributed by atoms with Crippen molar-refractivity contribution in [3.05, 3.63) is 170 Å². The molecule has 0 saturated carbocycles. The van der Waals surface area contributed by atoms with E-state index in [1.54, 1.807) is 0 Å². The van der Waals surface area contributed by atoms with Gasteiger partial charge in [-0.25, -0.2) is 9.97 Å². The van der Waals surface area contributed by atoms with Crippen LogP contribution in [-0.4, -0.2) is 9.97 Å². The molecular weight excluding hydrogens is 653 g/mol. The van der Waals surface area contributed by atoms with E-state index in [2.05, 4.69) is 152 Å². The van der Waals surface area contributed by atoms with Gasteiger partial charge in [-0.05, 0) is 81.2 Å². The molecule has 1 aliphatic rings. The molecule has 1 aliphatic heterocycles. The highest BCUT2D eigenvalue weighted by atomic mass is 32.2. The highest BCUT2D eigenvalue weighted by molar-refractivity contribution is 7.99. The van der Waals surface area contributed by atoms with Crippen molar-refractivity contribution in [1.82, 2.24) is 9.97 Å². The van der Waals surface area contributed by atoms with Crippen molar-refractivity contribution in [2.45, 2.75) is 9.79 Å². The van der Waals surface area contributed by atoms with Gasteiger partial charge in [0.2, 0.25) is 0 Å². The minimum absolute atomic E-state index is 0.726. The average molecular weight is 681 g/mol. The van der Waals surface area contributed by atoms with Gasteiger partial charge in [0.05, 0.1) is 11.2 Å². The molecule has 2 aromatic heterocycles. The topological polar surface area (TPSA) is 38.9 Å². The van der Waals surface area contributed by atoms with Crippen LogP contribution in [0.2, 0.25) is 0 Å². The summed E-state index contributed by atoms with van der Waals surface area (Å²) in [7, 11) is 0. The zero-order chi connectivity index (χ0) is 34.2. The first kappa shape index (κ1) is 29.3. The summed E-state index contributed by atoms with van der Waals surface area (Å²) in [6.45, 7) is 0. The second-order valence-corrected chi connectivity index (χ2v) is 14.4. The van der Waals surface area contributed by atoms with Crippen molar-refractivity contribution < 1.29 is 4.42 Å². The van der Waals surface area contributed by atoms with E-state index in [1.807, 2.05) is 30.0 Å². The summed E-state index contributed by atoms with van der Waals surface area (Å²) in [5.74, 6) is 0.726. The number of nitrogens with zero attached hydrogens (tertiary/aromatic N) is 2. The number of furan rings is 1. The molecule has 242 valence electrons. The van der Waals surface area contributed by atoms with Crippen LogP contribution in [0.1, 0.15) is 0 Å². The van der Waals surface area contributed by atoms with Crippen molar-refractivity contribution in [1.29, 1.82) is 0 Å². The monoisotopic (exact) mass is 680 g/mol. The Morgan fingerprint density at radius 3 is 2.06 bits per heavy atom. The number of para-hydroxylation sites is 2. The van der Waals surface area contributed by atoms with E-state index in [-0.39, 0.29) is 0 Å². The molecule has 0 unspecified atom stereocenters. The van der Waals surface area contributed by atoms with Crippen LogP contribution in [0.25, 0.3) is 99.6 Å². The molecule has 4 heteroatoms. The largest absolute Gasteiger partial charge is 0.456 e. The first-order chi connectivity index (χ1) is 25.7. The molecule has 0 saturated heterocycles. The number of aromatic nitrogens is 2. The lowest BCUT2D eigenvalue weighted by molar-refractivity contribution is 0.669. The highest BCUT2D eigenvalue weighted by Crippen LogP contribution is 2.51. The van der Waals surface area contributed by atoms with Crippen molar-refractivity contribution in [3.8, 4) is 56.0 Å². The molecule has 0 fully saturated rings. The molecule has 0 N–H and O–H groups in total. The summed E-state index contributed by atoms with van der Waals surface area (Å²) >= 11 is 1.83. The summed E-state index contributed by atoms with van der Waals surface area (Å²) in [4.78, 5) is 12.8. The SMILES string of the molecule is c1ccc(-c2cccc(-c3nc(-c4ccc5c(c4)Sc4ccc(-c6ccc7oc8ccccc8c7c6)c6cccc-5c46)nc4ccccc34)c2)cc1. The number of hydrogen-bond acceptors (Lipinski definition) is 4. The molecule has 0 spiro atoms. The predicted octanol–water partition coefficient (Wildman–Crippen LogP) is 13.5. The minimum atomic E-state index is 0.726. The molecule has 10 aromatic rings. The third-order valence-corrected chi connectivity index (χ3v) is 11.4. The van der Waals surface area contributed by atoms with E-state index in [9.17, 15) is 0 Å². The Balaban J connectivity index is 1.02. The quantitative estimate of drug-likeness (QED) is 0.185. The number of hydrogen-bond donors (Lipinski definition) is 0. The van der Waals surface area contributed by atoms with Crippen LogP contribution in [-0.2, 0) is 0 Å². The molecule has 3 heterocycles. The van der Waals surface area contributed by atoms with Gasteiger partial charge in [0.1, 0.15) is 11.2 Å². The second-order valence-electron chi connectivity index (χ2n) is 13.3. The maximum Gasteiger partial charge on any atom is 0.160 e. The van der Waals surface area contributed by atoms with Gasteiger partial charge in [0.15, 0.2) is 5.82 Å². The van der Waals surface area contributed by atoms with E-state index in [0.29, 0.717) is 0 Å². The van der Waals surface area contributed by atoms with E-state index >= 15 is 0 Å². The lowest BCUT2D eigenvalue weighted by atomic mass is 9.91. The summed E-state index contributed by atoms with van der Waals surface area (Å²) < 4.78 is 6.14. The van der Waals surface area contributed by atoms with E-state index in [4.69, 9.17) is 14.4 Å². The van der Waals surface area contributed by atoms with Gasteiger partial charge in [-0.15, -0.1) is 0 Å². The molecule has 0 amide bonds. The van der Waals surface area contributed by atoms with E-state index < -0.39 is 0 Å². The van der Waals surface area contributed by atoms with Crippen LogP contribution in [0.4, 0.5) is 0 Å². The molecule has 8 aromatic carbocycles. The van der Waals surface area contributed by atoms with Gasteiger partial charge < -0.3 is 4.42 Å². The fraction of sp³-hybridized carbons (Fsp3) is 0. The maximum atomic E-state index is 6.14. The average Bonchev–Trinajstić information content (AvgIpc) is 3.59. The molecule has 0 atom stereocenters. The predicted molar refractivity (Wildman–Crippen MR) is 216 cm³/mol. The summed E-state index contributed by atoms with van der Waals surface area (Å²) in [5, 5.41) is 5.88. The van der Waals surface area contributed by atoms with Crippen LogP contribution < -0.4 is 0 Å². The van der Waals surface area contributed by atoms with Crippen molar-refractivity contribution in [2.24, 2.45) is 0 Å². The van der Waals surface area contributed by atoms with Crippen LogP contribution in [0.3, 0.4) is 0 Å². The Morgan fingerprint density at radius 2 is 1.12 bits per heavy atom. The Hall–Kier alpha value is -6.49. The Labute approximate surface area is 304 Å². The van der Waals surface area contributed by atoms with Crippen LogP contribution in [0, 0.1) is 0 Å². The molecule has 11 rings (SSSR count). The Morgan fingerprint density at radius 1 is 0.385 bits per heavy atom. The molecule has 52 heavy (non-hydrogen) atoms. The first-order valence-electron chi connectivity index (χ1n) is 17.5. The minimum Gasteiger partial charge on any atom is -0.456 e. The number of rotatable bonds is 4. The lowest BCUT2D eigenvalue weighted by Crippen LogP contribution is -1.98. The van der Waals surface area contributed by atoms with Gasteiger partial charge >= 0.3 is 0 Å². The third-order valence-electron chi connectivity index (χ3n) is 10.3. The maximum absolute atomic E-state index is 6.14. The third kappa shape index (κ3) is 4.62. The van der Waals surface area contributed by atoms with Gasteiger partial charge in [0.25, 0.3) is 0 Å². The van der Waals surface area contributed by atoms with Gasteiger partial charge in [0, 0.05) is 42.5 Å². The fourth-order valence-corrected chi connectivity index (χ4v) is 8.99. The van der Waals surface area contributed by atoms with Gasteiger partial charge in [-0.2, -0.15) is 0 Å². The lowest BCUT2D eigenvalue weighted by Gasteiger charge is -2.22.